The van der Waals surface area contributed by atoms with Crippen molar-refractivity contribution in [1.82, 2.24) is 25.8 Å². The van der Waals surface area contributed by atoms with Gasteiger partial charge in [-0.05, 0) is 95.8 Å². The van der Waals surface area contributed by atoms with Gasteiger partial charge in [-0.2, -0.15) is 0 Å². The summed E-state index contributed by atoms with van der Waals surface area (Å²) >= 11 is 0. The first-order valence-electron chi connectivity index (χ1n) is 18.1. The molecule has 6 unspecified atom stereocenters. The van der Waals surface area contributed by atoms with Gasteiger partial charge >= 0.3 is 0 Å². The Morgan fingerprint density at radius 2 is 1.84 bits per heavy atom. The van der Waals surface area contributed by atoms with Gasteiger partial charge in [0.25, 0.3) is 0 Å². The van der Waals surface area contributed by atoms with E-state index in [9.17, 15) is 14.0 Å². The molecular formula is C35H60FN7O2. The molecule has 254 valence electrons. The number of hydrogen-bond donors (Lipinski definition) is 4. The second kappa shape index (κ2) is 15.7. The molecule has 6 atom stereocenters. The summed E-state index contributed by atoms with van der Waals surface area (Å²) in [6, 6.07) is -0.0212. The first kappa shape index (κ1) is 34.3. The number of aliphatic imine (C=N–C) groups is 1. The largest absolute Gasteiger partial charge is 0.372 e. The van der Waals surface area contributed by atoms with Gasteiger partial charge in [0.05, 0.1) is 18.1 Å². The van der Waals surface area contributed by atoms with Gasteiger partial charge in [-0.3, -0.25) is 14.6 Å². The van der Waals surface area contributed by atoms with Crippen LogP contribution >= 0.6 is 0 Å². The number of rotatable bonds is 9. The Morgan fingerprint density at radius 3 is 2.53 bits per heavy atom. The van der Waals surface area contributed by atoms with E-state index in [0.717, 1.165) is 109 Å². The molecule has 0 radical (unpaired) electrons. The zero-order valence-corrected chi connectivity index (χ0v) is 28.2. The molecule has 2 amide bonds. The van der Waals surface area contributed by atoms with E-state index in [1.165, 1.54) is 0 Å². The smallest absolute Gasteiger partial charge is 0.232 e. The molecular weight excluding hydrogens is 569 g/mol. The van der Waals surface area contributed by atoms with Crippen LogP contribution in [0.25, 0.3) is 0 Å². The number of carbonyl (C=O) groups is 2. The van der Waals surface area contributed by atoms with E-state index in [-0.39, 0.29) is 29.8 Å². The Balaban J connectivity index is 1.22. The number of likely N-dealkylation sites (tertiary alicyclic amines) is 1. The van der Waals surface area contributed by atoms with Gasteiger partial charge in [0.15, 0.2) is 0 Å². The van der Waals surface area contributed by atoms with Crippen molar-refractivity contribution in [1.29, 1.82) is 0 Å². The maximum Gasteiger partial charge on any atom is 0.232 e. The van der Waals surface area contributed by atoms with Crippen molar-refractivity contribution < 1.29 is 14.0 Å². The molecule has 0 saturated carbocycles. The Hall–Kier alpha value is -2.04. The summed E-state index contributed by atoms with van der Waals surface area (Å²) in [5, 5.41) is 10.3. The molecule has 9 nitrogen and oxygen atoms in total. The highest BCUT2D eigenvalue weighted by Gasteiger charge is 2.48. The van der Waals surface area contributed by atoms with Crippen molar-refractivity contribution in [3.8, 4) is 0 Å². The quantitative estimate of drug-likeness (QED) is 0.290. The normalized spacial score (nSPS) is 37.8. The molecule has 5 fully saturated rings. The number of nitrogens with one attached hydrogen (secondary N) is 3. The van der Waals surface area contributed by atoms with E-state index in [0.29, 0.717) is 36.4 Å². The minimum absolute atomic E-state index is 0.0212. The van der Waals surface area contributed by atoms with Crippen molar-refractivity contribution in [2.24, 2.45) is 39.8 Å². The van der Waals surface area contributed by atoms with E-state index in [4.69, 9.17) is 5.73 Å². The number of allylic oxidation sites excluding steroid dienone is 2. The number of carbonyl (C=O) groups excluding carboxylic acids is 2. The Bertz CT molecular complexity index is 1050. The van der Waals surface area contributed by atoms with Crippen molar-refractivity contribution in [3.05, 3.63) is 11.8 Å². The van der Waals surface area contributed by atoms with E-state index >= 15 is 0 Å². The molecule has 5 saturated heterocycles. The minimum atomic E-state index is -1.09. The SMILES string of the molecule is CCCCCC(C)/C1=C/CC(F)C/N=C(\C)C(C(=O)NC2CNCCC2C2CCN(C(=O)C34CCN(CC3)CC4)CC2)C(N)N1. The molecule has 2 bridgehead atoms. The molecule has 6 heterocycles. The molecule has 6 aliphatic rings. The predicted molar refractivity (Wildman–Crippen MR) is 178 cm³/mol. The highest BCUT2D eigenvalue weighted by atomic mass is 19.1. The van der Waals surface area contributed by atoms with Gasteiger partial charge < -0.3 is 31.5 Å². The summed E-state index contributed by atoms with van der Waals surface area (Å²) in [6.45, 7) is 12.7. The van der Waals surface area contributed by atoms with Crippen LogP contribution in [0.1, 0.15) is 91.4 Å². The standard InChI is InChI=1S/C35H60FN7O2/c1-4-5-6-7-24(2)29-9-8-27(36)22-39-25(3)31(32(37)40-29)33(44)41-30-23-38-16-10-28(30)26-11-17-43(18-12-26)34(45)35-13-19-42(20-14-35)21-15-35/h9,24,26-28,30-32,38,40H,4-8,10-23,37H2,1-3H3,(H,41,44)/b29-9-,39-25+. The number of alkyl halides is 1. The molecule has 5 N–H and O–H groups in total. The van der Waals surface area contributed by atoms with Crippen LogP contribution in [0.15, 0.2) is 16.8 Å². The maximum absolute atomic E-state index is 14.8. The number of nitrogens with zero attached hydrogens (tertiary/aromatic N) is 3. The van der Waals surface area contributed by atoms with E-state index in [1.54, 1.807) is 0 Å². The molecule has 10 heteroatoms. The first-order chi connectivity index (χ1) is 21.7. The summed E-state index contributed by atoms with van der Waals surface area (Å²) in [4.78, 5) is 36.9. The third kappa shape index (κ3) is 8.28. The summed E-state index contributed by atoms with van der Waals surface area (Å²) in [5.74, 6) is 0.582. The van der Waals surface area contributed by atoms with E-state index < -0.39 is 18.3 Å². The topological polar surface area (TPSA) is 115 Å². The van der Waals surface area contributed by atoms with Crippen LogP contribution in [-0.2, 0) is 9.59 Å². The van der Waals surface area contributed by atoms with Gasteiger partial charge in [0.2, 0.25) is 11.8 Å². The van der Waals surface area contributed by atoms with Gasteiger partial charge in [0.1, 0.15) is 12.1 Å². The number of unbranched alkanes of at least 4 members (excludes halogenated alkanes) is 2. The van der Waals surface area contributed by atoms with Crippen LogP contribution in [-0.4, -0.2) is 98.1 Å². The lowest BCUT2D eigenvalue weighted by atomic mass is 9.70. The molecule has 45 heavy (non-hydrogen) atoms. The Morgan fingerprint density at radius 1 is 1.13 bits per heavy atom. The van der Waals surface area contributed by atoms with Crippen LogP contribution in [0, 0.1) is 29.1 Å². The lowest BCUT2D eigenvalue weighted by molar-refractivity contribution is -0.151. The monoisotopic (exact) mass is 629 g/mol. The van der Waals surface area contributed by atoms with Crippen molar-refractivity contribution in [2.45, 2.75) is 110 Å². The zero-order valence-electron chi connectivity index (χ0n) is 28.2. The van der Waals surface area contributed by atoms with Crippen LogP contribution in [0.5, 0.6) is 0 Å². The maximum atomic E-state index is 14.8. The fourth-order valence-electron chi connectivity index (χ4n) is 8.70. The van der Waals surface area contributed by atoms with Crippen LogP contribution in [0.2, 0.25) is 0 Å². The summed E-state index contributed by atoms with van der Waals surface area (Å²) in [6.07, 6.45) is 10.9. The van der Waals surface area contributed by atoms with Crippen molar-refractivity contribution >= 4 is 17.5 Å². The number of hydrogen-bond acceptors (Lipinski definition) is 7. The van der Waals surface area contributed by atoms with Crippen LogP contribution in [0.4, 0.5) is 4.39 Å². The molecule has 0 aromatic rings. The highest BCUT2D eigenvalue weighted by molar-refractivity contribution is 6.04. The summed E-state index contributed by atoms with van der Waals surface area (Å²) in [7, 11) is 0. The number of nitrogens with two attached hydrogens (primary N) is 1. The fourth-order valence-corrected chi connectivity index (χ4v) is 8.70. The van der Waals surface area contributed by atoms with Gasteiger partial charge in [-0.15, -0.1) is 0 Å². The minimum Gasteiger partial charge on any atom is -0.372 e. The zero-order chi connectivity index (χ0) is 32.0. The molecule has 0 aliphatic carbocycles. The fraction of sp³-hybridized carbons (Fsp3) is 0.857. The highest BCUT2D eigenvalue weighted by Crippen LogP contribution is 2.43. The van der Waals surface area contributed by atoms with Gasteiger partial charge in [-0.1, -0.05) is 39.2 Å². The second-order valence-corrected chi connectivity index (χ2v) is 14.8. The lowest BCUT2D eigenvalue weighted by Crippen LogP contribution is -2.60. The van der Waals surface area contributed by atoms with E-state index in [1.807, 2.05) is 13.0 Å². The van der Waals surface area contributed by atoms with Crippen LogP contribution in [0.3, 0.4) is 0 Å². The Labute approximate surface area is 270 Å². The van der Waals surface area contributed by atoms with Crippen LogP contribution < -0.4 is 21.7 Å². The Kier molecular flexibility index (Phi) is 12.0. The molecule has 0 aromatic carbocycles. The molecule has 6 rings (SSSR count). The molecule has 0 spiro atoms. The number of amides is 2. The van der Waals surface area contributed by atoms with Crippen molar-refractivity contribution in [3.63, 3.8) is 0 Å². The third-order valence-electron chi connectivity index (χ3n) is 11.8. The second-order valence-electron chi connectivity index (χ2n) is 14.8. The summed E-state index contributed by atoms with van der Waals surface area (Å²) < 4.78 is 14.8. The first-order valence-corrected chi connectivity index (χ1v) is 18.1. The summed E-state index contributed by atoms with van der Waals surface area (Å²) in [5.41, 5.74) is 8.14. The van der Waals surface area contributed by atoms with Gasteiger partial charge in [-0.25, -0.2) is 4.39 Å². The number of halogens is 1. The molecule has 6 aliphatic heterocycles. The lowest BCUT2D eigenvalue weighted by Gasteiger charge is -2.50. The number of piperidine rings is 5. The number of fused-ring (bicyclic) bond motifs is 3. The average Bonchev–Trinajstić information content (AvgIpc) is 3.06. The van der Waals surface area contributed by atoms with Crippen molar-refractivity contribution in [2.75, 3.05) is 52.4 Å². The predicted octanol–water partition coefficient (Wildman–Crippen LogP) is 3.60. The third-order valence-corrected chi connectivity index (χ3v) is 11.8. The average molecular weight is 630 g/mol. The molecule has 0 aromatic heterocycles. The van der Waals surface area contributed by atoms with Gasteiger partial charge in [0, 0.05) is 43.5 Å². The van der Waals surface area contributed by atoms with E-state index in [2.05, 4.69) is 44.6 Å².